The highest BCUT2D eigenvalue weighted by Gasteiger charge is 2.39. The monoisotopic (exact) mass is 281 g/mol. The first-order chi connectivity index (χ1) is 8.85. The van der Waals surface area contributed by atoms with Gasteiger partial charge < -0.3 is 10.4 Å². The van der Waals surface area contributed by atoms with E-state index in [0.29, 0.717) is 6.04 Å². The van der Waals surface area contributed by atoms with E-state index in [9.17, 15) is 5.11 Å². The molecule has 1 aliphatic rings. The van der Waals surface area contributed by atoms with Crippen molar-refractivity contribution in [1.29, 1.82) is 0 Å². The van der Waals surface area contributed by atoms with Gasteiger partial charge in [0.05, 0.1) is 0 Å². The third-order valence-corrected chi connectivity index (χ3v) is 4.65. The van der Waals surface area contributed by atoms with Crippen molar-refractivity contribution in [1.82, 2.24) is 5.32 Å². The van der Waals surface area contributed by atoms with E-state index in [-0.39, 0.29) is 24.0 Å². The molecular formula is C16H24ClNO. The SMILES string of the molecule is CC(CO)C(C)NC1c2cc(Cl)ccc2CC1(C)C. The van der Waals surface area contributed by atoms with Crippen molar-refractivity contribution in [3.8, 4) is 0 Å². The molecule has 0 saturated carbocycles. The molecule has 19 heavy (non-hydrogen) atoms. The topological polar surface area (TPSA) is 32.3 Å². The van der Waals surface area contributed by atoms with Gasteiger partial charge in [0.25, 0.3) is 0 Å². The van der Waals surface area contributed by atoms with Crippen molar-refractivity contribution in [3.05, 3.63) is 34.3 Å². The lowest BCUT2D eigenvalue weighted by Gasteiger charge is -2.33. The molecule has 1 aliphatic carbocycles. The summed E-state index contributed by atoms with van der Waals surface area (Å²) in [4.78, 5) is 0. The number of rotatable bonds is 4. The third-order valence-electron chi connectivity index (χ3n) is 4.42. The van der Waals surface area contributed by atoms with Crippen molar-refractivity contribution in [2.45, 2.75) is 46.2 Å². The lowest BCUT2D eigenvalue weighted by Crippen LogP contribution is -2.41. The zero-order valence-corrected chi connectivity index (χ0v) is 13.0. The van der Waals surface area contributed by atoms with Gasteiger partial charge in [-0.25, -0.2) is 0 Å². The van der Waals surface area contributed by atoms with Crippen LogP contribution in [0.25, 0.3) is 0 Å². The van der Waals surface area contributed by atoms with Crippen LogP contribution in [-0.4, -0.2) is 17.8 Å². The quantitative estimate of drug-likeness (QED) is 0.884. The Balaban J connectivity index is 2.26. The third kappa shape index (κ3) is 2.96. The Bertz CT molecular complexity index is 458. The molecule has 0 amide bonds. The van der Waals surface area contributed by atoms with Crippen LogP contribution in [0.4, 0.5) is 0 Å². The Morgan fingerprint density at radius 3 is 2.74 bits per heavy atom. The maximum atomic E-state index is 9.29. The van der Waals surface area contributed by atoms with Gasteiger partial charge in [0.2, 0.25) is 0 Å². The second kappa shape index (κ2) is 5.43. The number of hydrogen-bond acceptors (Lipinski definition) is 2. The van der Waals surface area contributed by atoms with Crippen LogP contribution in [0, 0.1) is 11.3 Å². The van der Waals surface area contributed by atoms with Gasteiger partial charge in [-0.3, -0.25) is 0 Å². The molecule has 3 unspecified atom stereocenters. The number of hydrogen-bond donors (Lipinski definition) is 2. The van der Waals surface area contributed by atoms with Gasteiger partial charge in [-0.15, -0.1) is 0 Å². The van der Waals surface area contributed by atoms with Crippen LogP contribution in [-0.2, 0) is 6.42 Å². The maximum Gasteiger partial charge on any atom is 0.0471 e. The Morgan fingerprint density at radius 1 is 1.42 bits per heavy atom. The minimum Gasteiger partial charge on any atom is -0.396 e. The van der Waals surface area contributed by atoms with Crippen molar-refractivity contribution in [2.75, 3.05) is 6.61 Å². The summed E-state index contributed by atoms with van der Waals surface area (Å²) in [7, 11) is 0. The molecule has 0 aromatic heterocycles. The van der Waals surface area contributed by atoms with Gasteiger partial charge in [0.15, 0.2) is 0 Å². The zero-order chi connectivity index (χ0) is 14.2. The van der Waals surface area contributed by atoms with Crippen LogP contribution in [0.1, 0.15) is 44.9 Å². The van der Waals surface area contributed by atoms with E-state index in [4.69, 9.17) is 11.6 Å². The van der Waals surface area contributed by atoms with E-state index in [0.717, 1.165) is 11.4 Å². The Morgan fingerprint density at radius 2 is 2.11 bits per heavy atom. The van der Waals surface area contributed by atoms with E-state index in [1.54, 1.807) is 0 Å². The average Bonchev–Trinajstić information content (AvgIpc) is 2.59. The van der Waals surface area contributed by atoms with E-state index < -0.39 is 0 Å². The molecular weight excluding hydrogens is 258 g/mol. The first-order valence-corrected chi connectivity index (χ1v) is 7.38. The second-order valence-corrected chi connectivity index (χ2v) is 6.99. The lowest BCUT2D eigenvalue weighted by molar-refractivity contribution is 0.176. The van der Waals surface area contributed by atoms with Gasteiger partial charge in [0.1, 0.15) is 0 Å². The first kappa shape index (κ1) is 14.8. The second-order valence-electron chi connectivity index (χ2n) is 6.56. The molecule has 106 valence electrons. The summed E-state index contributed by atoms with van der Waals surface area (Å²) in [6.45, 7) is 8.99. The van der Waals surface area contributed by atoms with Crippen LogP contribution < -0.4 is 5.32 Å². The molecule has 0 heterocycles. The highest BCUT2D eigenvalue weighted by Crippen LogP contribution is 2.46. The summed E-state index contributed by atoms with van der Waals surface area (Å²) in [5.74, 6) is 0.249. The average molecular weight is 282 g/mol. The first-order valence-electron chi connectivity index (χ1n) is 7.00. The number of aliphatic hydroxyl groups is 1. The van der Waals surface area contributed by atoms with Gasteiger partial charge in [-0.1, -0.05) is 38.4 Å². The van der Waals surface area contributed by atoms with Crippen LogP contribution in [0.5, 0.6) is 0 Å². The van der Waals surface area contributed by atoms with E-state index in [1.165, 1.54) is 11.1 Å². The summed E-state index contributed by atoms with van der Waals surface area (Å²) in [5.41, 5.74) is 2.88. The molecule has 0 aliphatic heterocycles. The van der Waals surface area contributed by atoms with Crippen LogP contribution in [0.3, 0.4) is 0 Å². The summed E-state index contributed by atoms with van der Waals surface area (Å²) < 4.78 is 0. The van der Waals surface area contributed by atoms with Crippen molar-refractivity contribution in [3.63, 3.8) is 0 Å². The summed E-state index contributed by atoms with van der Waals surface area (Å²) >= 11 is 6.14. The molecule has 0 radical (unpaired) electrons. The predicted octanol–water partition coefficient (Wildman–Crippen LogP) is 3.57. The normalized spacial score (nSPS) is 24.0. The molecule has 1 aromatic rings. The molecule has 1 aromatic carbocycles. The van der Waals surface area contributed by atoms with E-state index in [2.05, 4.69) is 45.1 Å². The van der Waals surface area contributed by atoms with E-state index >= 15 is 0 Å². The van der Waals surface area contributed by atoms with Gasteiger partial charge in [-0.05, 0) is 47.9 Å². The molecule has 3 heteroatoms. The number of aliphatic hydroxyl groups excluding tert-OH is 1. The Hall–Kier alpha value is -0.570. The van der Waals surface area contributed by atoms with Gasteiger partial charge in [0, 0.05) is 23.7 Å². The Kier molecular flexibility index (Phi) is 4.24. The lowest BCUT2D eigenvalue weighted by atomic mass is 9.84. The number of nitrogens with one attached hydrogen (secondary N) is 1. The molecule has 0 saturated heterocycles. The number of fused-ring (bicyclic) bond motifs is 1. The molecule has 2 nitrogen and oxygen atoms in total. The predicted molar refractivity (Wildman–Crippen MR) is 80.5 cm³/mol. The van der Waals surface area contributed by atoms with Crippen LogP contribution in [0.2, 0.25) is 5.02 Å². The van der Waals surface area contributed by atoms with Crippen molar-refractivity contribution in [2.24, 2.45) is 11.3 Å². The van der Waals surface area contributed by atoms with E-state index in [1.807, 2.05) is 6.07 Å². The largest absolute Gasteiger partial charge is 0.396 e. The molecule has 0 fully saturated rings. The standard InChI is InChI=1S/C16H24ClNO/c1-10(9-19)11(2)18-15-14-7-13(17)6-5-12(14)8-16(15,3)4/h5-7,10-11,15,18-19H,8-9H2,1-4H3. The molecule has 0 spiro atoms. The zero-order valence-electron chi connectivity index (χ0n) is 12.2. The molecule has 2 rings (SSSR count). The summed E-state index contributed by atoms with van der Waals surface area (Å²) in [5, 5.41) is 13.8. The van der Waals surface area contributed by atoms with Gasteiger partial charge >= 0.3 is 0 Å². The number of halogens is 1. The fourth-order valence-electron chi connectivity index (χ4n) is 2.91. The molecule has 2 N–H and O–H groups in total. The molecule has 3 atom stereocenters. The minimum absolute atomic E-state index is 0.177. The Labute approximate surface area is 121 Å². The highest BCUT2D eigenvalue weighted by atomic mass is 35.5. The fraction of sp³-hybridized carbons (Fsp3) is 0.625. The summed E-state index contributed by atoms with van der Waals surface area (Å²) in [6.07, 6.45) is 1.07. The highest BCUT2D eigenvalue weighted by molar-refractivity contribution is 6.30. The fourth-order valence-corrected chi connectivity index (χ4v) is 3.09. The smallest absolute Gasteiger partial charge is 0.0471 e. The minimum atomic E-state index is 0.177. The number of benzene rings is 1. The van der Waals surface area contributed by atoms with Gasteiger partial charge in [-0.2, -0.15) is 0 Å². The van der Waals surface area contributed by atoms with Crippen molar-refractivity contribution >= 4 is 11.6 Å². The maximum absolute atomic E-state index is 9.29. The molecule has 0 bridgehead atoms. The van der Waals surface area contributed by atoms with Crippen LogP contribution >= 0.6 is 11.6 Å². The van der Waals surface area contributed by atoms with Crippen molar-refractivity contribution < 1.29 is 5.11 Å². The van der Waals surface area contributed by atoms with Crippen LogP contribution in [0.15, 0.2) is 18.2 Å². The summed E-state index contributed by atoms with van der Waals surface area (Å²) in [6, 6.07) is 6.77.